The molecule has 0 unspecified atom stereocenters. The lowest BCUT2D eigenvalue weighted by Crippen LogP contribution is -2.54. The van der Waals surface area contributed by atoms with Crippen molar-refractivity contribution in [3.8, 4) is 0 Å². The number of nitrogens with one attached hydrogen (secondary N) is 2. The number of nitrogens with zero attached hydrogens (tertiary/aromatic N) is 3. The summed E-state index contributed by atoms with van der Waals surface area (Å²) in [6.07, 6.45) is 0.456. The SMILES string of the molecule is O=[N+]([O-])N(NS(=O)(=O)c1ccccc1)[C@H](CCN1CCNCC1)CSc1ccccc1. The molecule has 0 radical (unpaired) electrons. The highest BCUT2D eigenvalue weighted by atomic mass is 32.2. The first-order valence-electron chi connectivity index (χ1n) is 10.1. The smallest absolute Gasteiger partial charge is 0.261 e. The van der Waals surface area contributed by atoms with Crippen LogP contribution in [0.25, 0.3) is 0 Å². The largest absolute Gasteiger partial charge is 0.314 e. The van der Waals surface area contributed by atoms with Crippen molar-refractivity contribution in [2.24, 2.45) is 0 Å². The van der Waals surface area contributed by atoms with E-state index in [0.717, 1.165) is 31.1 Å². The predicted molar refractivity (Wildman–Crippen MR) is 120 cm³/mol. The maximum absolute atomic E-state index is 12.7. The van der Waals surface area contributed by atoms with E-state index in [1.165, 1.54) is 23.9 Å². The lowest BCUT2D eigenvalue weighted by atomic mass is 10.2. The first kappa shape index (κ1) is 23.5. The monoisotopic (exact) mass is 465 g/mol. The van der Waals surface area contributed by atoms with Gasteiger partial charge in [-0.3, -0.25) is 0 Å². The summed E-state index contributed by atoms with van der Waals surface area (Å²) in [5, 5.41) is 15.1. The standard InChI is InChI=1S/C20H27N5O4S2/c26-25(27)24(22-31(28,29)20-9-5-2-6-10-20)18(11-14-23-15-12-21-13-16-23)17-30-19-7-3-1-4-8-19/h1-10,18,21-22H,11-17H2/t18-/m1/s1. The average Bonchev–Trinajstić information content (AvgIpc) is 2.80. The molecule has 0 aromatic heterocycles. The minimum atomic E-state index is -4.07. The van der Waals surface area contributed by atoms with Crippen molar-refractivity contribution in [3.63, 3.8) is 0 Å². The van der Waals surface area contributed by atoms with E-state index in [1.54, 1.807) is 18.2 Å². The van der Waals surface area contributed by atoms with E-state index in [1.807, 2.05) is 30.3 Å². The van der Waals surface area contributed by atoms with Crippen LogP contribution < -0.4 is 10.1 Å². The van der Waals surface area contributed by atoms with Gasteiger partial charge >= 0.3 is 0 Å². The fourth-order valence-electron chi connectivity index (χ4n) is 3.27. The summed E-state index contributed by atoms with van der Waals surface area (Å²) < 4.78 is 25.5. The Morgan fingerprint density at radius 3 is 2.32 bits per heavy atom. The number of rotatable bonds is 11. The molecule has 168 valence electrons. The highest BCUT2D eigenvalue weighted by Gasteiger charge is 2.32. The van der Waals surface area contributed by atoms with Gasteiger partial charge < -0.3 is 10.2 Å². The van der Waals surface area contributed by atoms with Gasteiger partial charge in [-0.05, 0) is 35.8 Å². The van der Waals surface area contributed by atoms with Crippen LogP contribution in [0, 0.1) is 10.1 Å². The van der Waals surface area contributed by atoms with E-state index < -0.39 is 21.1 Å². The molecule has 1 aliphatic rings. The van der Waals surface area contributed by atoms with Crippen LogP contribution in [0.1, 0.15) is 6.42 Å². The van der Waals surface area contributed by atoms with Crippen molar-refractivity contribution < 1.29 is 13.5 Å². The molecule has 2 N–H and O–H groups in total. The number of thioether (sulfide) groups is 1. The highest BCUT2D eigenvalue weighted by molar-refractivity contribution is 7.99. The van der Waals surface area contributed by atoms with E-state index in [0.29, 0.717) is 23.8 Å². The number of nitro groups is 1. The highest BCUT2D eigenvalue weighted by Crippen LogP contribution is 2.22. The Labute approximate surface area is 186 Å². The molecule has 0 bridgehead atoms. The second-order valence-corrected chi connectivity index (χ2v) is 9.90. The van der Waals surface area contributed by atoms with Crippen LogP contribution >= 0.6 is 11.8 Å². The molecule has 1 fully saturated rings. The summed E-state index contributed by atoms with van der Waals surface area (Å²) in [7, 11) is -4.07. The number of benzene rings is 2. The maximum atomic E-state index is 12.7. The zero-order valence-electron chi connectivity index (χ0n) is 17.1. The molecule has 1 atom stereocenters. The van der Waals surface area contributed by atoms with Crippen molar-refractivity contribution in [2.75, 3.05) is 38.5 Å². The third-order valence-electron chi connectivity index (χ3n) is 4.96. The third kappa shape index (κ3) is 7.18. The first-order chi connectivity index (χ1) is 15.0. The molecular formula is C20H27N5O4S2. The molecule has 1 aliphatic heterocycles. The lowest BCUT2D eigenvalue weighted by Gasteiger charge is -2.30. The van der Waals surface area contributed by atoms with Crippen molar-refractivity contribution in [2.45, 2.75) is 22.3 Å². The minimum Gasteiger partial charge on any atom is -0.314 e. The van der Waals surface area contributed by atoms with Crippen LogP contribution in [0.5, 0.6) is 0 Å². The molecule has 11 heteroatoms. The summed E-state index contributed by atoms with van der Waals surface area (Å²) in [6.45, 7) is 4.14. The Balaban J connectivity index is 1.75. The van der Waals surface area contributed by atoms with Gasteiger partial charge in [0.25, 0.3) is 10.0 Å². The number of piperazine rings is 1. The van der Waals surface area contributed by atoms with Crippen LogP contribution in [-0.4, -0.2) is 68.0 Å². The summed E-state index contributed by atoms with van der Waals surface area (Å²) in [4.78, 5) is 17.3. The summed E-state index contributed by atoms with van der Waals surface area (Å²) in [6, 6.07) is 16.6. The van der Waals surface area contributed by atoms with Crippen molar-refractivity contribution in [3.05, 3.63) is 70.8 Å². The topological polar surface area (TPSA) is 108 Å². The molecule has 2 aromatic carbocycles. The molecule has 0 saturated carbocycles. The van der Waals surface area contributed by atoms with Gasteiger partial charge in [0, 0.05) is 43.4 Å². The number of hydrazine groups is 2. The van der Waals surface area contributed by atoms with E-state index in [2.05, 4.69) is 15.0 Å². The van der Waals surface area contributed by atoms with Gasteiger partial charge in [-0.15, -0.1) is 11.8 Å². The molecular weight excluding hydrogens is 438 g/mol. The normalized spacial score (nSPS) is 16.0. The fourth-order valence-corrected chi connectivity index (χ4v) is 5.39. The third-order valence-corrected chi connectivity index (χ3v) is 7.44. The van der Waals surface area contributed by atoms with Gasteiger partial charge in [0.1, 0.15) is 6.04 Å². The van der Waals surface area contributed by atoms with Crippen molar-refractivity contribution in [1.82, 2.24) is 20.2 Å². The molecule has 31 heavy (non-hydrogen) atoms. The Morgan fingerprint density at radius 1 is 1.10 bits per heavy atom. The van der Waals surface area contributed by atoms with Crippen LogP contribution in [0.15, 0.2) is 70.5 Å². The lowest BCUT2D eigenvalue weighted by molar-refractivity contribution is -0.672. The van der Waals surface area contributed by atoms with E-state index >= 15 is 0 Å². The van der Waals surface area contributed by atoms with E-state index in [-0.39, 0.29) is 4.90 Å². The summed E-state index contributed by atoms with van der Waals surface area (Å²) in [5.74, 6) is 0.369. The minimum absolute atomic E-state index is 0.0154. The first-order valence-corrected chi connectivity index (χ1v) is 12.5. The van der Waals surface area contributed by atoms with Crippen molar-refractivity contribution in [1.29, 1.82) is 0 Å². The van der Waals surface area contributed by atoms with Gasteiger partial charge in [-0.1, -0.05) is 41.2 Å². The zero-order valence-corrected chi connectivity index (χ0v) is 18.7. The quantitative estimate of drug-likeness (QED) is 0.294. The molecule has 2 aromatic rings. The van der Waals surface area contributed by atoms with Crippen LogP contribution in [0.2, 0.25) is 0 Å². The zero-order chi connectivity index (χ0) is 22.1. The van der Waals surface area contributed by atoms with Gasteiger partial charge in [-0.2, -0.15) is 0 Å². The molecule has 0 aliphatic carbocycles. The second kappa shape index (κ2) is 11.4. The van der Waals surface area contributed by atoms with Crippen LogP contribution in [0.4, 0.5) is 0 Å². The van der Waals surface area contributed by atoms with E-state index in [4.69, 9.17) is 0 Å². The van der Waals surface area contributed by atoms with Gasteiger partial charge in [-0.25, -0.2) is 18.5 Å². The van der Waals surface area contributed by atoms with Crippen molar-refractivity contribution >= 4 is 21.8 Å². The Kier molecular flexibility index (Phi) is 8.67. The predicted octanol–water partition coefficient (Wildman–Crippen LogP) is 1.83. The summed E-state index contributed by atoms with van der Waals surface area (Å²) >= 11 is 1.47. The molecule has 0 spiro atoms. The Hall–Kier alpha value is -2.18. The Bertz CT molecular complexity index is 925. The fraction of sp³-hybridized carbons (Fsp3) is 0.400. The van der Waals surface area contributed by atoms with E-state index in [9.17, 15) is 18.5 Å². The molecule has 3 rings (SSSR count). The van der Waals surface area contributed by atoms with Crippen LogP contribution in [-0.2, 0) is 10.0 Å². The van der Waals surface area contributed by atoms with Gasteiger partial charge in [0.15, 0.2) is 5.03 Å². The number of hydrogen-bond donors (Lipinski definition) is 2. The Morgan fingerprint density at radius 2 is 1.71 bits per heavy atom. The van der Waals surface area contributed by atoms with Gasteiger partial charge in [0.2, 0.25) is 0 Å². The summed E-state index contributed by atoms with van der Waals surface area (Å²) in [5.41, 5.74) is 0. The van der Waals surface area contributed by atoms with Gasteiger partial charge in [0.05, 0.1) is 4.90 Å². The molecule has 1 heterocycles. The second-order valence-electron chi connectivity index (χ2n) is 7.15. The molecule has 9 nitrogen and oxygen atoms in total. The van der Waals surface area contributed by atoms with Crippen LogP contribution in [0.3, 0.4) is 0 Å². The number of hydrogen-bond acceptors (Lipinski definition) is 7. The number of sulfonamides is 1. The molecule has 0 amide bonds. The average molecular weight is 466 g/mol. The molecule has 1 saturated heterocycles. The maximum Gasteiger partial charge on any atom is 0.261 e.